The van der Waals surface area contributed by atoms with Gasteiger partial charge in [-0.15, -0.1) is 0 Å². The van der Waals surface area contributed by atoms with Gasteiger partial charge in [0.2, 0.25) is 5.91 Å². The Bertz CT molecular complexity index is 934. The minimum atomic E-state index is 0.207. The zero-order chi connectivity index (χ0) is 19.3. The van der Waals surface area contributed by atoms with Gasteiger partial charge in [0, 0.05) is 29.9 Å². The molecule has 0 N–H and O–H groups in total. The Balaban J connectivity index is 1.43. The van der Waals surface area contributed by atoms with Crippen LogP contribution in [-0.4, -0.2) is 26.4 Å². The van der Waals surface area contributed by atoms with Gasteiger partial charge in [-0.1, -0.05) is 60.1 Å². The summed E-state index contributed by atoms with van der Waals surface area (Å²) in [6.45, 7) is 1.21. The van der Waals surface area contributed by atoms with E-state index in [-0.39, 0.29) is 5.91 Å². The fourth-order valence-corrected chi connectivity index (χ4v) is 3.64. The zero-order valence-electron chi connectivity index (χ0n) is 15.8. The second kappa shape index (κ2) is 8.61. The minimum Gasteiger partial charge on any atom is -0.332 e. The number of hydrogen-bond donors (Lipinski definition) is 0. The van der Waals surface area contributed by atoms with Crippen LogP contribution in [-0.2, 0) is 24.3 Å². The fraction of sp³-hybridized carbons (Fsp3) is 0.304. The molecule has 1 amide bonds. The number of aromatic nitrogens is 2. The van der Waals surface area contributed by atoms with Crippen LogP contribution in [0.5, 0.6) is 0 Å². The van der Waals surface area contributed by atoms with Crippen LogP contribution in [0, 0.1) is 0 Å². The molecule has 0 saturated heterocycles. The van der Waals surface area contributed by atoms with Crippen molar-refractivity contribution < 1.29 is 4.79 Å². The van der Waals surface area contributed by atoms with E-state index >= 15 is 0 Å². The number of aryl methyl sites for hydroxylation is 1. The maximum Gasteiger partial charge on any atom is 0.223 e. The van der Waals surface area contributed by atoms with Crippen molar-refractivity contribution in [2.45, 2.75) is 44.8 Å². The first-order valence-electron chi connectivity index (χ1n) is 9.77. The summed E-state index contributed by atoms with van der Waals surface area (Å²) in [7, 11) is 0. The number of rotatable bonds is 8. The van der Waals surface area contributed by atoms with E-state index in [4.69, 9.17) is 11.6 Å². The standard InChI is InChI=1S/C23H24ClN3O/c24-21-9-5-4-8-19(21)16-26-15-14-25-22(26)17-27(20-11-12-20)23(28)13-10-18-6-2-1-3-7-18/h1-9,14-15,20H,10-13,16-17H2. The van der Waals surface area contributed by atoms with E-state index in [0.717, 1.165) is 35.7 Å². The number of amides is 1. The van der Waals surface area contributed by atoms with Crippen LogP contribution in [0.2, 0.25) is 5.02 Å². The Morgan fingerprint density at radius 1 is 1.11 bits per heavy atom. The van der Waals surface area contributed by atoms with Crippen molar-refractivity contribution in [1.29, 1.82) is 0 Å². The smallest absolute Gasteiger partial charge is 0.223 e. The number of benzene rings is 2. The molecular formula is C23H24ClN3O. The van der Waals surface area contributed by atoms with Crippen LogP contribution in [0.3, 0.4) is 0 Å². The topological polar surface area (TPSA) is 38.1 Å². The van der Waals surface area contributed by atoms with Gasteiger partial charge in [-0.3, -0.25) is 4.79 Å². The first kappa shape index (κ1) is 18.8. The number of hydrogen-bond acceptors (Lipinski definition) is 2. The van der Waals surface area contributed by atoms with Gasteiger partial charge in [-0.05, 0) is 36.5 Å². The molecule has 0 aliphatic heterocycles. The summed E-state index contributed by atoms with van der Waals surface area (Å²) in [4.78, 5) is 19.4. The lowest BCUT2D eigenvalue weighted by molar-refractivity contribution is -0.132. The van der Waals surface area contributed by atoms with Gasteiger partial charge in [0.15, 0.2) is 0 Å². The third kappa shape index (κ3) is 4.63. The number of halogens is 1. The molecule has 3 aromatic rings. The van der Waals surface area contributed by atoms with Crippen molar-refractivity contribution in [3.8, 4) is 0 Å². The number of carbonyl (C=O) groups excluding carboxylic acids is 1. The quantitative estimate of drug-likeness (QED) is 0.556. The Kier molecular flexibility index (Phi) is 5.77. The molecule has 5 heteroatoms. The molecule has 0 radical (unpaired) electrons. The molecule has 1 saturated carbocycles. The molecular weight excluding hydrogens is 370 g/mol. The molecule has 1 aromatic heterocycles. The van der Waals surface area contributed by atoms with Crippen molar-refractivity contribution in [1.82, 2.24) is 14.5 Å². The maximum absolute atomic E-state index is 12.9. The van der Waals surface area contributed by atoms with Gasteiger partial charge >= 0.3 is 0 Å². The zero-order valence-corrected chi connectivity index (χ0v) is 16.6. The Morgan fingerprint density at radius 3 is 2.61 bits per heavy atom. The van der Waals surface area contributed by atoms with Crippen molar-refractivity contribution in [2.75, 3.05) is 0 Å². The summed E-state index contributed by atoms with van der Waals surface area (Å²) < 4.78 is 2.08. The van der Waals surface area contributed by atoms with E-state index in [1.807, 2.05) is 53.6 Å². The molecule has 1 heterocycles. The summed E-state index contributed by atoms with van der Waals surface area (Å²) in [5.41, 5.74) is 2.25. The largest absolute Gasteiger partial charge is 0.332 e. The van der Waals surface area contributed by atoms with Crippen LogP contribution in [0.1, 0.15) is 36.2 Å². The Morgan fingerprint density at radius 2 is 1.86 bits per heavy atom. The highest BCUT2D eigenvalue weighted by Crippen LogP contribution is 2.29. The number of carbonyl (C=O) groups is 1. The van der Waals surface area contributed by atoms with Gasteiger partial charge in [-0.25, -0.2) is 4.98 Å². The predicted molar refractivity (Wildman–Crippen MR) is 111 cm³/mol. The van der Waals surface area contributed by atoms with E-state index in [1.165, 1.54) is 5.56 Å². The summed E-state index contributed by atoms with van der Waals surface area (Å²) in [6.07, 6.45) is 7.23. The second-order valence-corrected chi connectivity index (χ2v) is 7.71. The molecule has 144 valence electrons. The predicted octanol–water partition coefficient (Wildman–Crippen LogP) is 4.71. The van der Waals surface area contributed by atoms with Crippen molar-refractivity contribution in [3.63, 3.8) is 0 Å². The lowest BCUT2D eigenvalue weighted by Gasteiger charge is -2.23. The monoisotopic (exact) mass is 393 g/mol. The number of imidazole rings is 1. The second-order valence-electron chi connectivity index (χ2n) is 7.30. The highest BCUT2D eigenvalue weighted by atomic mass is 35.5. The molecule has 0 atom stereocenters. The average Bonchev–Trinajstić information content (AvgIpc) is 3.47. The first-order valence-corrected chi connectivity index (χ1v) is 10.2. The minimum absolute atomic E-state index is 0.207. The SMILES string of the molecule is O=C(CCc1ccccc1)N(Cc1nccn1Cc1ccccc1Cl)C1CC1. The molecule has 2 aromatic carbocycles. The fourth-order valence-electron chi connectivity index (χ4n) is 3.44. The Hall–Kier alpha value is -2.59. The van der Waals surface area contributed by atoms with Crippen molar-refractivity contribution in [2.24, 2.45) is 0 Å². The van der Waals surface area contributed by atoms with Gasteiger partial charge < -0.3 is 9.47 Å². The normalized spacial score (nSPS) is 13.5. The molecule has 1 aliphatic carbocycles. The van der Waals surface area contributed by atoms with E-state index in [9.17, 15) is 4.79 Å². The van der Waals surface area contributed by atoms with E-state index < -0.39 is 0 Å². The van der Waals surface area contributed by atoms with E-state index in [2.05, 4.69) is 21.7 Å². The van der Waals surface area contributed by atoms with E-state index in [0.29, 0.717) is 25.6 Å². The van der Waals surface area contributed by atoms with Gasteiger partial charge in [-0.2, -0.15) is 0 Å². The first-order chi connectivity index (χ1) is 13.7. The van der Waals surface area contributed by atoms with Crippen LogP contribution in [0.4, 0.5) is 0 Å². The molecule has 0 bridgehead atoms. The highest BCUT2D eigenvalue weighted by molar-refractivity contribution is 6.31. The van der Waals surface area contributed by atoms with Gasteiger partial charge in [0.25, 0.3) is 0 Å². The van der Waals surface area contributed by atoms with Crippen LogP contribution < -0.4 is 0 Å². The third-order valence-electron chi connectivity index (χ3n) is 5.19. The Labute approximate surface area is 170 Å². The molecule has 0 spiro atoms. The highest BCUT2D eigenvalue weighted by Gasteiger charge is 2.33. The molecule has 4 rings (SSSR count). The maximum atomic E-state index is 12.9. The lowest BCUT2D eigenvalue weighted by atomic mass is 10.1. The molecule has 1 aliphatic rings. The van der Waals surface area contributed by atoms with Crippen LogP contribution in [0.25, 0.3) is 0 Å². The van der Waals surface area contributed by atoms with Gasteiger partial charge in [0.05, 0.1) is 13.1 Å². The summed E-state index contributed by atoms with van der Waals surface area (Å²) >= 11 is 6.31. The van der Waals surface area contributed by atoms with E-state index in [1.54, 1.807) is 6.20 Å². The summed E-state index contributed by atoms with van der Waals surface area (Å²) in [5, 5.41) is 0.750. The molecule has 28 heavy (non-hydrogen) atoms. The van der Waals surface area contributed by atoms with Crippen molar-refractivity contribution in [3.05, 3.63) is 89.0 Å². The summed E-state index contributed by atoms with van der Waals surface area (Å²) in [5.74, 6) is 1.11. The lowest BCUT2D eigenvalue weighted by Crippen LogP contribution is -2.34. The van der Waals surface area contributed by atoms with Crippen LogP contribution >= 0.6 is 11.6 Å². The van der Waals surface area contributed by atoms with Crippen molar-refractivity contribution >= 4 is 17.5 Å². The molecule has 0 unspecified atom stereocenters. The number of nitrogens with zero attached hydrogens (tertiary/aromatic N) is 3. The molecule has 1 fully saturated rings. The van der Waals surface area contributed by atoms with Gasteiger partial charge in [0.1, 0.15) is 5.82 Å². The molecule has 4 nitrogen and oxygen atoms in total. The van der Waals surface area contributed by atoms with Crippen LogP contribution in [0.15, 0.2) is 67.0 Å². The average molecular weight is 394 g/mol. The third-order valence-corrected chi connectivity index (χ3v) is 5.56. The summed E-state index contributed by atoms with van der Waals surface area (Å²) in [6, 6.07) is 18.4.